The first-order valence-corrected chi connectivity index (χ1v) is 8.84. The molecule has 1 aromatic rings. The topological polar surface area (TPSA) is 21.3 Å². The van der Waals surface area contributed by atoms with Crippen LogP contribution in [0.3, 0.4) is 0 Å². The minimum Gasteiger partial charge on any atom is -0.487 e. The van der Waals surface area contributed by atoms with Gasteiger partial charge in [-0.3, -0.25) is 0 Å². The van der Waals surface area contributed by atoms with Crippen LogP contribution in [-0.4, -0.2) is 12.6 Å². The molecule has 0 aliphatic heterocycles. The molecule has 2 rings (SSSR count). The van der Waals surface area contributed by atoms with Crippen molar-refractivity contribution in [3.8, 4) is 5.75 Å². The van der Waals surface area contributed by atoms with E-state index in [9.17, 15) is 0 Å². The minimum absolute atomic E-state index is 0.0926. The van der Waals surface area contributed by atoms with Crippen molar-refractivity contribution in [3.05, 3.63) is 29.8 Å². The molecule has 22 heavy (non-hydrogen) atoms. The van der Waals surface area contributed by atoms with Gasteiger partial charge in [-0.15, -0.1) is 0 Å². The van der Waals surface area contributed by atoms with E-state index in [1.54, 1.807) is 0 Å². The predicted molar refractivity (Wildman–Crippen MR) is 94.4 cm³/mol. The summed E-state index contributed by atoms with van der Waals surface area (Å²) < 4.78 is 6.36. The van der Waals surface area contributed by atoms with Crippen LogP contribution >= 0.6 is 0 Å². The van der Waals surface area contributed by atoms with Crippen LogP contribution in [0, 0.1) is 5.41 Å². The maximum atomic E-state index is 6.36. The Labute approximate surface area is 136 Å². The average molecular weight is 303 g/mol. The lowest BCUT2D eigenvalue weighted by molar-refractivity contribution is 0.0720. The Morgan fingerprint density at radius 2 is 1.73 bits per heavy atom. The van der Waals surface area contributed by atoms with E-state index in [4.69, 9.17) is 4.74 Å². The lowest BCUT2D eigenvalue weighted by atomic mass is 9.85. The van der Waals surface area contributed by atoms with E-state index >= 15 is 0 Å². The summed E-state index contributed by atoms with van der Waals surface area (Å²) in [4.78, 5) is 0. The van der Waals surface area contributed by atoms with Crippen molar-refractivity contribution in [2.75, 3.05) is 7.05 Å². The smallest absolute Gasteiger partial charge is 0.120 e. The standard InChI is InChI=1S/C20H33NO/c1-6-20(13-7-8-14-20)22-17-11-9-16(10-12-17)18(21-5)15-19(2,3)4/h9-12,18,21H,6-8,13-15H2,1-5H3. The van der Waals surface area contributed by atoms with Gasteiger partial charge in [0.05, 0.1) is 0 Å². The highest BCUT2D eigenvalue weighted by Gasteiger charge is 2.34. The number of nitrogens with one attached hydrogen (secondary N) is 1. The molecule has 1 saturated carbocycles. The average Bonchev–Trinajstić information content (AvgIpc) is 2.94. The SMILES string of the molecule is CCC1(Oc2ccc(C(CC(C)(C)C)NC)cc2)CCCC1. The molecule has 0 aromatic heterocycles. The third kappa shape index (κ3) is 4.49. The van der Waals surface area contributed by atoms with Crippen LogP contribution in [0.25, 0.3) is 0 Å². The van der Waals surface area contributed by atoms with Gasteiger partial charge in [-0.1, -0.05) is 39.8 Å². The molecule has 1 aromatic carbocycles. The molecule has 1 atom stereocenters. The van der Waals surface area contributed by atoms with E-state index in [2.05, 4.69) is 57.3 Å². The van der Waals surface area contributed by atoms with Crippen LogP contribution in [0.2, 0.25) is 0 Å². The van der Waals surface area contributed by atoms with Gasteiger partial charge in [0.25, 0.3) is 0 Å². The third-order valence-electron chi connectivity index (χ3n) is 4.94. The van der Waals surface area contributed by atoms with Crippen LogP contribution in [0.15, 0.2) is 24.3 Å². The molecule has 1 N–H and O–H groups in total. The molecule has 0 heterocycles. The maximum Gasteiger partial charge on any atom is 0.120 e. The number of ether oxygens (including phenoxy) is 1. The number of rotatable bonds is 6. The van der Waals surface area contributed by atoms with E-state index < -0.39 is 0 Å². The maximum absolute atomic E-state index is 6.36. The Bertz CT molecular complexity index is 452. The van der Waals surface area contributed by atoms with Crippen molar-refractivity contribution < 1.29 is 4.74 Å². The molecule has 0 amide bonds. The van der Waals surface area contributed by atoms with Gasteiger partial charge in [0.1, 0.15) is 11.4 Å². The third-order valence-corrected chi connectivity index (χ3v) is 4.94. The zero-order valence-electron chi connectivity index (χ0n) is 15.0. The van der Waals surface area contributed by atoms with Gasteiger partial charge in [-0.05, 0) is 68.7 Å². The van der Waals surface area contributed by atoms with Crippen molar-refractivity contribution in [1.82, 2.24) is 5.32 Å². The van der Waals surface area contributed by atoms with E-state index in [-0.39, 0.29) is 5.60 Å². The second-order valence-corrected chi connectivity index (χ2v) is 8.02. The molecule has 1 aliphatic rings. The van der Waals surface area contributed by atoms with Gasteiger partial charge in [0.15, 0.2) is 0 Å². The van der Waals surface area contributed by atoms with Gasteiger partial charge in [-0.25, -0.2) is 0 Å². The molecule has 124 valence electrons. The Kier molecular flexibility index (Phi) is 5.55. The summed E-state index contributed by atoms with van der Waals surface area (Å²) >= 11 is 0. The fourth-order valence-corrected chi connectivity index (χ4v) is 3.56. The molecule has 0 saturated heterocycles. The molecule has 0 spiro atoms. The first-order valence-electron chi connectivity index (χ1n) is 8.84. The Morgan fingerprint density at radius 3 is 2.18 bits per heavy atom. The fourth-order valence-electron chi connectivity index (χ4n) is 3.56. The van der Waals surface area contributed by atoms with Gasteiger partial charge in [0, 0.05) is 6.04 Å². The summed E-state index contributed by atoms with van der Waals surface area (Å²) in [6, 6.07) is 9.15. The zero-order valence-corrected chi connectivity index (χ0v) is 15.0. The minimum atomic E-state index is 0.0926. The van der Waals surface area contributed by atoms with Gasteiger partial charge in [0.2, 0.25) is 0 Å². The van der Waals surface area contributed by atoms with Crippen LogP contribution in [-0.2, 0) is 0 Å². The van der Waals surface area contributed by atoms with Gasteiger partial charge in [-0.2, -0.15) is 0 Å². The number of hydrogen-bond acceptors (Lipinski definition) is 2. The van der Waals surface area contributed by atoms with Crippen molar-refractivity contribution in [1.29, 1.82) is 0 Å². The second kappa shape index (κ2) is 7.04. The van der Waals surface area contributed by atoms with Crippen molar-refractivity contribution in [2.24, 2.45) is 5.41 Å². The quantitative estimate of drug-likeness (QED) is 0.751. The van der Waals surface area contributed by atoms with E-state index in [0.29, 0.717) is 11.5 Å². The highest BCUT2D eigenvalue weighted by atomic mass is 16.5. The van der Waals surface area contributed by atoms with E-state index in [1.807, 2.05) is 7.05 Å². The molecule has 0 bridgehead atoms. The highest BCUT2D eigenvalue weighted by molar-refractivity contribution is 5.30. The molecule has 1 aliphatic carbocycles. The second-order valence-electron chi connectivity index (χ2n) is 8.02. The van der Waals surface area contributed by atoms with E-state index in [0.717, 1.165) is 18.6 Å². The number of benzene rings is 1. The number of hydrogen-bond donors (Lipinski definition) is 1. The highest BCUT2D eigenvalue weighted by Crippen LogP contribution is 2.37. The first kappa shape index (κ1) is 17.3. The summed E-state index contributed by atoms with van der Waals surface area (Å²) in [5.74, 6) is 1.03. The summed E-state index contributed by atoms with van der Waals surface area (Å²) in [7, 11) is 2.05. The first-order chi connectivity index (χ1) is 10.4. The van der Waals surface area contributed by atoms with Crippen LogP contribution in [0.1, 0.15) is 77.8 Å². The Morgan fingerprint density at radius 1 is 1.14 bits per heavy atom. The molecular formula is C20H33NO. The Hall–Kier alpha value is -1.02. The molecule has 2 nitrogen and oxygen atoms in total. The van der Waals surface area contributed by atoms with Gasteiger partial charge < -0.3 is 10.1 Å². The van der Waals surface area contributed by atoms with Crippen LogP contribution in [0.4, 0.5) is 0 Å². The molecule has 1 fully saturated rings. The molecule has 1 unspecified atom stereocenters. The van der Waals surface area contributed by atoms with E-state index in [1.165, 1.54) is 31.2 Å². The largest absolute Gasteiger partial charge is 0.487 e. The summed E-state index contributed by atoms with van der Waals surface area (Å²) in [6.45, 7) is 9.12. The lowest BCUT2D eigenvalue weighted by Gasteiger charge is -2.30. The fraction of sp³-hybridized carbons (Fsp3) is 0.700. The normalized spacial score (nSPS) is 19.1. The Balaban J connectivity index is 2.06. The van der Waals surface area contributed by atoms with Crippen LogP contribution in [0.5, 0.6) is 5.75 Å². The zero-order chi connectivity index (χ0) is 16.2. The van der Waals surface area contributed by atoms with Gasteiger partial charge >= 0.3 is 0 Å². The molecule has 0 radical (unpaired) electrons. The molecule has 2 heteroatoms. The predicted octanol–water partition coefficient (Wildman–Crippen LogP) is 5.48. The summed E-state index contributed by atoms with van der Waals surface area (Å²) in [5, 5.41) is 3.45. The summed E-state index contributed by atoms with van der Waals surface area (Å²) in [6.07, 6.45) is 7.25. The van der Waals surface area contributed by atoms with Crippen LogP contribution < -0.4 is 10.1 Å². The summed E-state index contributed by atoms with van der Waals surface area (Å²) in [5.41, 5.74) is 1.76. The lowest BCUT2D eigenvalue weighted by Crippen LogP contribution is -2.31. The van der Waals surface area contributed by atoms with Crippen molar-refractivity contribution >= 4 is 0 Å². The monoisotopic (exact) mass is 303 g/mol. The molecular weight excluding hydrogens is 270 g/mol. The van der Waals surface area contributed by atoms with Crippen molar-refractivity contribution in [3.63, 3.8) is 0 Å². The van der Waals surface area contributed by atoms with Crippen molar-refractivity contribution in [2.45, 2.75) is 77.9 Å².